The molecule has 4 heterocycles. The molecule has 1 aromatic carbocycles. The van der Waals surface area contributed by atoms with Gasteiger partial charge in [-0.2, -0.15) is 0 Å². The van der Waals surface area contributed by atoms with E-state index in [4.69, 9.17) is 0 Å². The van der Waals surface area contributed by atoms with E-state index in [0.717, 1.165) is 31.1 Å². The van der Waals surface area contributed by atoms with Crippen molar-refractivity contribution >= 4 is 17.7 Å². The van der Waals surface area contributed by atoms with Crippen LogP contribution in [0.25, 0.3) is 0 Å². The zero-order valence-electron chi connectivity index (χ0n) is 17.6. The van der Waals surface area contributed by atoms with Gasteiger partial charge in [0.05, 0.1) is 0 Å². The number of nitrogens with one attached hydrogen (secondary N) is 2. The van der Waals surface area contributed by atoms with Gasteiger partial charge in [-0.05, 0) is 75.4 Å². The molecule has 7 nitrogen and oxygen atoms in total. The normalized spacial score (nSPS) is 30.3. The lowest BCUT2D eigenvalue weighted by atomic mass is 9.62. The van der Waals surface area contributed by atoms with Crippen LogP contribution in [0, 0.1) is 5.92 Å². The second kappa shape index (κ2) is 7.46. The fourth-order valence-electron chi connectivity index (χ4n) is 5.75. The number of amides is 3. The summed E-state index contributed by atoms with van der Waals surface area (Å²) in [7, 11) is 2.16. The van der Waals surface area contributed by atoms with Gasteiger partial charge in [0.1, 0.15) is 6.04 Å². The molecule has 160 valence electrons. The van der Waals surface area contributed by atoms with Crippen molar-refractivity contribution in [3.05, 3.63) is 34.9 Å². The summed E-state index contributed by atoms with van der Waals surface area (Å²) in [4.78, 5) is 40.4. The maximum atomic E-state index is 12.8. The van der Waals surface area contributed by atoms with Gasteiger partial charge >= 0.3 is 0 Å². The number of piperidine rings is 3. The number of carbonyl (C=O) groups is 3. The van der Waals surface area contributed by atoms with Crippen LogP contribution in [-0.2, 0) is 22.7 Å². The molecule has 1 atom stereocenters. The number of carbonyl (C=O) groups excluding carboxylic acids is 3. The number of fused-ring (bicyclic) bond motifs is 3. The molecule has 1 saturated carbocycles. The summed E-state index contributed by atoms with van der Waals surface area (Å²) in [6.45, 7) is 3.50. The third-order valence-corrected chi connectivity index (χ3v) is 7.42. The number of imide groups is 1. The number of hydrogen-bond donors (Lipinski definition) is 2. The van der Waals surface area contributed by atoms with Crippen molar-refractivity contribution < 1.29 is 14.4 Å². The van der Waals surface area contributed by atoms with Crippen LogP contribution >= 0.6 is 0 Å². The second-order valence-corrected chi connectivity index (χ2v) is 9.65. The standard InChI is InChI=1S/C23H30N4O3/c1-26(9-7-23-11-16(12-23)6-8-24-23)13-15-2-3-18-17(10-15)14-27(22(18)30)19-4-5-20(28)25-21(19)29/h2-3,10,16,19,24H,4-9,11-14H2,1H3,(H,25,28,29). The molecule has 0 aromatic heterocycles. The van der Waals surface area contributed by atoms with Gasteiger partial charge in [-0.1, -0.05) is 12.1 Å². The first-order valence-electron chi connectivity index (χ1n) is 11.1. The van der Waals surface area contributed by atoms with Crippen LogP contribution in [0.5, 0.6) is 0 Å². The van der Waals surface area contributed by atoms with Gasteiger partial charge < -0.3 is 15.1 Å². The molecule has 1 aliphatic carbocycles. The summed E-state index contributed by atoms with van der Waals surface area (Å²) >= 11 is 0. The van der Waals surface area contributed by atoms with Gasteiger partial charge in [0.25, 0.3) is 5.91 Å². The zero-order valence-corrected chi connectivity index (χ0v) is 17.6. The van der Waals surface area contributed by atoms with E-state index in [2.05, 4.69) is 28.6 Å². The summed E-state index contributed by atoms with van der Waals surface area (Å²) in [5.41, 5.74) is 3.22. The molecule has 2 N–H and O–H groups in total. The highest BCUT2D eigenvalue weighted by Gasteiger charge is 2.46. The van der Waals surface area contributed by atoms with Crippen molar-refractivity contribution in [2.45, 2.75) is 63.2 Å². The molecule has 5 aliphatic rings. The first-order chi connectivity index (χ1) is 14.4. The van der Waals surface area contributed by atoms with Gasteiger partial charge in [-0.15, -0.1) is 0 Å². The molecule has 3 saturated heterocycles. The molecular weight excluding hydrogens is 380 g/mol. The number of benzene rings is 1. The summed E-state index contributed by atoms with van der Waals surface area (Å²) in [5.74, 6) is 0.215. The van der Waals surface area contributed by atoms with E-state index in [1.54, 1.807) is 4.90 Å². The molecule has 4 aliphatic heterocycles. The third-order valence-electron chi connectivity index (χ3n) is 7.42. The minimum absolute atomic E-state index is 0.110. The highest BCUT2D eigenvalue weighted by Crippen LogP contribution is 2.45. The lowest BCUT2D eigenvalue weighted by Gasteiger charge is -2.54. The van der Waals surface area contributed by atoms with E-state index >= 15 is 0 Å². The second-order valence-electron chi connectivity index (χ2n) is 9.65. The van der Waals surface area contributed by atoms with E-state index in [1.807, 2.05) is 12.1 Å². The van der Waals surface area contributed by atoms with Crippen LogP contribution in [-0.4, -0.2) is 59.2 Å². The molecule has 30 heavy (non-hydrogen) atoms. The molecule has 4 fully saturated rings. The first-order valence-corrected chi connectivity index (χ1v) is 11.1. The Bertz CT molecular complexity index is 887. The Labute approximate surface area is 177 Å². The Balaban J connectivity index is 1.20. The summed E-state index contributed by atoms with van der Waals surface area (Å²) in [6.07, 6.45) is 5.87. The van der Waals surface area contributed by atoms with Gasteiger partial charge in [0, 0.05) is 30.6 Å². The Hall–Kier alpha value is -2.25. The van der Waals surface area contributed by atoms with Crippen molar-refractivity contribution in [3.63, 3.8) is 0 Å². The predicted molar refractivity (Wildman–Crippen MR) is 112 cm³/mol. The maximum Gasteiger partial charge on any atom is 0.255 e. The molecular formula is C23H30N4O3. The van der Waals surface area contributed by atoms with E-state index in [1.165, 1.54) is 31.2 Å². The maximum absolute atomic E-state index is 12.8. The van der Waals surface area contributed by atoms with Crippen LogP contribution in [0.15, 0.2) is 18.2 Å². The van der Waals surface area contributed by atoms with Crippen LogP contribution in [0.2, 0.25) is 0 Å². The van der Waals surface area contributed by atoms with Crippen LogP contribution in [0.1, 0.15) is 60.0 Å². The largest absolute Gasteiger partial charge is 0.322 e. The smallest absolute Gasteiger partial charge is 0.255 e. The Morgan fingerprint density at radius 3 is 2.77 bits per heavy atom. The Morgan fingerprint density at radius 1 is 1.20 bits per heavy atom. The van der Waals surface area contributed by atoms with Crippen molar-refractivity contribution in [2.24, 2.45) is 5.92 Å². The quantitative estimate of drug-likeness (QED) is 0.693. The van der Waals surface area contributed by atoms with Crippen molar-refractivity contribution in [3.8, 4) is 0 Å². The minimum Gasteiger partial charge on any atom is -0.322 e. The molecule has 1 aromatic rings. The predicted octanol–water partition coefficient (Wildman–Crippen LogP) is 1.41. The topological polar surface area (TPSA) is 81.8 Å². The van der Waals surface area contributed by atoms with E-state index < -0.39 is 6.04 Å². The van der Waals surface area contributed by atoms with Crippen molar-refractivity contribution in [1.82, 2.24) is 20.4 Å². The Morgan fingerprint density at radius 2 is 2.03 bits per heavy atom. The van der Waals surface area contributed by atoms with Gasteiger partial charge in [0.2, 0.25) is 11.8 Å². The lowest BCUT2D eigenvalue weighted by molar-refractivity contribution is -0.136. The number of hydrogen-bond acceptors (Lipinski definition) is 5. The van der Waals surface area contributed by atoms with E-state index in [0.29, 0.717) is 24.1 Å². The van der Waals surface area contributed by atoms with Gasteiger partial charge in [-0.3, -0.25) is 19.7 Å². The molecule has 6 rings (SSSR count). The van der Waals surface area contributed by atoms with Crippen molar-refractivity contribution in [2.75, 3.05) is 20.1 Å². The Kier molecular flexibility index (Phi) is 4.90. The molecule has 2 bridgehead atoms. The van der Waals surface area contributed by atoms with Crippen LogP contribution < -0.4 is 10.6 Å². The van der Waals surface area contributed by atoms with Gasteiger partial charge in [-0.25, -0.2) is 0 Å². The molecule has 3 amide bonds. The zero-order chi connectivity index (χ0) is 20.9. The highest BCUT2D eigenvalue weighted by molar-refractivity contribution is 6.05. The average Bonchev–Trinajstić information content (AvgIpc) is 3.02. The summed E-state index contributed by atoms with van der Waals surface area (Å²) < 4.78 is 0. The number of nitrogens with zero attached hydrogens (tertiary/aromatic N) is 2. The highest BCUT2D eigenvalue weighted by atomic mass is 16.2. The molecule has 0 radical (unpaired) electrons. The fraction of sp³-hybridized carbons (Fsp3) is 0.609. The summed E-state index contributed by atoms with van der Waals surface area (Å²) in [5, 5.41) is 6.09. The monoisotopic (exact) mass is 410 g/mol. The molecule has 7 heteroatoms. The lowest BCUT2D eigenvalue weighted by Crippen LogP contribution is -2.61. The third kappa shape index (κ3) is 3.54. The first kappa shape index (κ1) is 19.7. The van der Waals surface area contributed by atoms with Crippen molar-refractivity contribution in [1.29, 1.82) is 0 Å². The minimum atomic E-state index is -0.553. The fourth-order valence-corrected chi connectivity index (χ4v) is 5.75. The van der Waals surface area contributed by atoms with E-state index in [9.17, 15) is 14.4 Å². The SMILES string of the molecule is CN(CCC12CC(CCN1)C2)Cc1ccc2c(c1)CN(C1CCC(=O)NC1=O)C2=O. The van der Waals surface area contributed by atoms with Crippen LogP contribution in [0.4, 0.5) is 0 Å². The number of rotatable bonds is 6. The van der Waals surface area contributed by atoms with Gasteiger partial charge in [0.15, 0.2) is 0 Å². The van der Waals surface area contributed by atoms with E-state index in [-0.39, 0.29) is 24.1 Å². The molecule has 0 spiro atoms. The van der Waals surface area contributed by atoms with Crippen LogP contribution in [0.3, 0.4) is 0 Å². The molecule has 1 unspecified atom stereocenters. The average molecular weight is 411 g/mol. The summed E-state index contributed by atoms with van der Waals surface area (Å²) in [6, 6.07) is 5.47.